The Morgan fingerprint density at radius 2 is 1.16 bits per heavy atom. The third-order valence-electron chi connectivity index (χ3n) is 7.03. The van der Waals surface area contributed by atoms with Gasteiger partial charge in [0.2, 0.25) is 17.6 Å². The summed E-state index contributed by atoms with van der Waals surface area (Å²) in [4.78, 5) is 65.9. The highest BCUT2D eigenvalue weighted by Gasteiger charge is 2.33. The number of hydrogen-bond acceptors (Lipinski definition) is 6. The molecule has 0 aliphatic carbocycles. The Bertz CT molecular complexity index is 1280. The largest absolute Gasteiger partial charge is 0.445 e. The van der Waals surface area contributed by atoms with Crippen LogP contribution in [0.25, 0.3) is 0 Å². The molecule has 2 rings (SSSR count). The van der Waals surface area contributed by atoms with Crippen molar-refractivity contribution in [1.29, 1.82) is 0 Å². The summed E-state index contributed by atoms with van der Waals surface area (Å²) in [5.74, 6) is -2.65. The van der Waals surface area contributed by atoms with Crippen LogP contribution in [0, 0.1) is 17.8 Å². The van der Waals surface area contributed by atoms with Gasteiger partial charge in [0, 0.05) is 5.69 Å². The Labute approximate surface area is 267 Å². The minimum absolute atomic E-state index is 0.00451. The second-order valence-electron chi connectivity index (χ2n) is 12.6. The molecule has 2 aromatic carbocycles. The number of anilines is 1. The van der Waals surface area contributed by atoms with Gasteiger partial charge in [-0.05, 0) is 66.7 Å². The summed E-state index contributed by atoms with van der Waals surface area (Å²) >= 11 is 0. The molecule has 0 saturated carbocycles. The highest BCUT2D eigenvalue weighted by atomic mass is 16.5. The van der Waals surface area contributed by atoms with Crippen LogP contribution in [0.1, 0.15) is 78.9 Å². The minimum atomic E-state index is -1.09. The number of nitrogens with one attached hydrogen (secondary N) is 4. The van der Waals surface area contributed by atoms with Crippen LogP contribution < -0.4 is 21.3 Å². The lowest BCUT2D eigenvalue weighted by atomic mass is 9.97. The molecule has 10 heteroatoms. The third kappa shape index (κ3) is 13.5. The predicted molar refractivity (Wildman–Crippen MR) is 175 cm³/mol. The monoisotopic (exact) mass is 622 g/mol. The lowest BCUT2D eigenvalue weighted by Crippen LogP contribution is -2.57. The van der Waals surface area contributed by atoms with Crippen molar-refractivity contribution < 1.29 is 28.7 Å². The van der Waals surface area contributed by atoms with Gasteiger partial charge < -0.3 is 26.0 Å². The van der Waals surface area contributed by atoms with Crippen molar-refractivity contribution in [3.8, 4) is 0 Å². The molecule has 10 nitrogen and oxygen atoms in total. The summed E-state index contributed by atoms with van der Waals surface area (Å²) in [7, 11) is 0. The van der Waals surface area contributed by atoms with Crippen LogP contribution in [-0.2, 0) is 36.9 Å². The number of Topliss-reactive ketones (excluding diaryl/α,β-unsaturated/α-hetero) is 1. The first-order valence-electron chi connectivity index (χ1n) is 15.8. The summed E-state index contributed by atoms with van der Waals surface area (Å²) in [5, 5.41) is 10.8. The molecule has 0 unspecified atom stereocenters. The Morgan fingerprint density at radius 3 is 1.71 bits per heavy atom. The molecule has 0 radical (unpaired) electrons. The molecule has 0 aromatic heterocycles. The van der Waals surface area contributed by atoms with Crippen LogP contribution in [0.5, 0.6) is 0 Å². The van der Waals surface area contributed by atoms with E-state index in [1.807, 2.05) is 84.9 Å². The van der Waals surface area contributed by atoms with Gasteiger partial charge in [-0.3, -0.25) is 19.2 Å². The average Bonchev–Trinajstić information content (AvgIpc) is 2.98. The van der Waals surface area contributed by atoms with E-state index in [9.17, 15) is 24.0 Å². The molecule has 0 spiro atoms. The van der Waals surface area contributed by atoms with Gasteiger partial charge in [-0.2, -0.15) is 0 Å². The van der Waals surface area contributed by atoms with E-state index in [0.29, 0.717) is 12.1 Å². The first-order valence-corrected chi connectivity index (χ1v) is 15.8. The molecule has 0 saturated heterocycles. The fourth-order valence-electron chi connectivity index (χ4n) is 4.78. The van der Waals surface area contributed by atoms with Crippen LogP contribution in [0.2, 0.25) is 0 Å². The van der Waals surface area contributed by atoms with Gasteiger partial charge in [0.1, 0.15) is 18.7 Å². The number of benzene rings is 2. The second-order valence-corrected chi connectivity index (χ2v) is 12.6. The molecule has 45 heavy (non-hydrogen) atoms. The van der Waals surface area contributed by atoms with Crippen LogP contribution in [0.3, 0.4) is 0 Å². The van der Waals surface area contributed by atoms with E-state index in [1.165, 1.54) is 0 Å². The van der Waals surface area contributed by atoms with E-state index in [2.05, 4.69) is 21.3 Å². The Morgan fingerprint density at radius 1 is 0.644 bits per heavy atom. The number of amides is 4. The zero-order valence-electron chi connectivity index (χ0n) is 27.6. The SMILES string of the molecule is CCc1cccc(NC(=O)C(=O)[C@H](CC(C)C)NC(=O)[C@H](CC(C)C)NC(=O)[C@H](CC(C)C)NC(=O)OCc2ccccc2)c1. The zero-order chi connectivity index (χ0) is 33.5. The smallest absolute Gasteiger partial charge is 0.408 e. The highest BCUT2D eigenvalue weighted by Crippen LogP contribution is 2.14. The van der Waals surface area contributed by atoms with Gasteiger partial charge >= 0.3 is 6.09 Å². The Balaban J connectivity index is 2.15. The predicted octanol–water partition coefficient (Wildman–Crippen LogP) is 5.16. The van der Waals surface area contributed by atoms with Gasteiger partial charge in [-0.15, -0.1) is 0 Å². The first-order chi connectivity index (χ1) is 21.3. The van der Waals surface area contributed by atoms with Crippen LogP contribution in [0.15, 0.2) is 54.6 Å². The molecule has 2 aromatic rings. The maximum Gasteiger partial charge on any atom is 0.408 e. The minimum Gasteiger partial charge on any atom is -0.445 e. The maximum atomic E-state index is 13.6. The van der Waals surface area contributed by atoms with Crippen LogP contribution in [0.4, 0.5) is 10.5 Å². The van der Waals surface area contributed by atoms with Crippen LogP contribution >= 0.6 is 0 Å². The lowest BCUT2D eigenvalue weighted by molar-refractivity contribution is -0.138. The molecule has 0 bridgehead atoms. The number of carbonyl (C=O) groups excluding carboxylic acids is 5. The Kier molecular flexibility index (Phi) is 15.3. The van der Waals surface area contributed by atoms with Crippen molar-refractivity contribution in [3.05, 3.63) is 65.7 Å². The summed E-state index contributed by atoms with van der Waals surface area (Å²) in [6, 6.07) is 13.4. The summed E-state index contributed by atoms with van der Waals surface area (Å²) in [6.45, 7) is 13.5. The maximum absolute atomic E-state index is 13.6. The Hall–Kier alpha value is -4.21. The van der Waals surface area contributed by atoms with E-state index >= 15 is 0 Å². The molecule has 3 atom stereocenters. The van der Waals surface area contributed by atoms with Crippen molar-refractivity contribution in [1.82, 2.24) is 16.0 Å². The number of ether oxygens (including phenoxy) is 1. The average molecular weight is 623 g/mol. The highest BCUT2D eigenvalue weighted by molar-refractivity contribution is 6.42. The molecule has 0 heterocycles. The van der Waals surface area contributed by atoms with E-state index < -0.39 is 47.7 Å². The van der Waals surface area contributed by atoms with Gasteiger partial charge in [-0.1, -0.05) is 90.9 Å². The van der Waals surface area contributed by atoms with Crippen molar-refractivity contribution >= 4 is 35.3 Å². The molecule has 4 N–H and O–H groups in total. The molecular formula is C35H50N4O6. The number of alkyl carbamates (subject to hydrolysis) is 1. The third-order valence-corrected chi connectivity index (χ3v) is 7.03. The molecule has 0 aliphatic heterocycles. The van der Waals surface area contributed by atoms with Gasteiger partial charge in [0.05, 0.1) is 6.04 Å². The van der Waals surface area contributed by atoms with E-state index in [-0.39, 0.29) is 37.2 Å². The molecule has 246 valence electrons. The number of aryl methyl sites for hydroxylation is 1. The van der Waals surface area contributed by atoms with Crippen molar-refractivity contribution in [2.75, 3.05) is 5.32 Å². The fraction of sp³-hybridized carbons (Fsp3) is 0.514. The van der Waals surface area contributed by atoms with E-state index in [4.69, 9.17) is 4.74 Å². The molecular weight excluding hydrogens is 572 g/mol. The standard InChI is InChI=1S/C35H50N4O6/c1-8-25-15-12-16-27(20-25)36-34(43)31(40)28(17-22(2)3)37-32(41)29(18-23(4)5)38-33(42)30(19-24(6)7)39-35(44)45-21-26-13-10-9-11-14-26/h9-16,20,22-24,28-30H,8,17-19,21H2,1-7H3,(H,36,43)(H,37,41)(H,38,42)(H,39,44)/t28-,29-,30-/m0/s1. The fourth-order valence-corrected chi connectivity index (χ4v) is 4.78. The van der Waals surface area contributed by atoms with Crippen molar-refractivity contribution in [2.45, 2.75) is 98.9 Å². The normalized spacial score (nSPS) is 13.1. The molecule has 4 amide bonds. The second kappa shape index (κ2) is 18.6. The lowest BCUT2D eigenvalue weighted by Gasteiger charge is -2.27. The van der Waals surface area contributed by atoms with Crippen LogP contribution in [-0.4, -0.2) is 47.7 Å². The summed E-state index contributed by atoms with van der Waals surface area (Å²) in [5.41, 5.74) is 2.31. The van der Waals surface area contributed by atoms with Gasteiger partial charge in [0.25, 0.3) is 5.91 Å². The van der Waals surface area contributed by atoms with Crippen molar-refractivity contribution in [3.63, 3.8) is 0 Å². The van der Waals surface area contributed by atoms with Crippen molar-refractivity contribution in [2.24, 2.45) is 17.8 Å². The number of hydrogen-bond donors (Lipinski definition) is 4. The summed E-state index contributed by atoms with van der Waals surface area (Å²) < 4.78 is 5.32. The first kappa shape index (κ1) is 37.0. The quantitative estimate of drug-likeness (QED) is 0.180. The van der Waals surface area contributed by atoms with Gasteiger partial charge in [-0.25, -0.2) is 4.79 Å². The number of carbonyl (C=O) groups is 5. The van der Waals surface area contributed by atoms with E-state index in [1.54, 1.807) is 18.2 Å². The number of rotatable bonds is 17. The topological polar surface area (TPSA) is 143 Å². The molecule has 0 fully saturated rings. The summed E-state index contributed by atoms with van der Waals surface area (Å²) in [6.07, 6.45) is 0.858. The van der Waals surface area contributed by atoms with Gasteiger partial charge in [0.15, 0.2) is 0 Å². The number of ketones is 1. The van der Waals surface area contributed by atoms with E-state index in [0.717, 1.165) is 17.5 Å². The molecule has 0 aliphatic rings. The zero-order valence-corrected chi connectivity index (χ0v) is 27.6.